The molecule has 3 atom stereocenters. The van der Waals surface area contributed by atoms with Gasteiger partial charge in [-0.25, -0.2) is 13.2 Å². The van der Waals surface area contributed by atoms with E-state index in [0.717, 1.165) is 11.1 Å². The first-order valence-corrected chi connectivity index (χ1v) is 11.0. The van der Waals surface area contributed by atoms with E-state index in [1.54, 1.807) is 30.3 Å². The summed E-state index contributed by atoms with van der Waals surface area (Å²) in [5.41, 5.74) is 1.75. The van der Waals surface area contributed by atoms with Crippen molar-refractivity contribution in [3.63, 3.8) is 0 Å². The van der Waals surface area contributed by atoms with Crippen LogP contribution in [0.15, 0.2) is 53.7 Å². The summed E-state index contributed by atoms with van der Waals surface area (Å²) in [4.78, 5) is 12.0. The molecule has 29 heavy (non-hydrogen) atoms. The Balaban J connectivity index is 1.78. The number of hydrogen-bond donors (Lipinski definition) is 0. The van der Waals surface area contributed by atoms with Crippen LogP contribution in [0.25, 0.3) is 0 Å². The van der Waals surface area contributed by atoms with Crippen LogP contribution < -0.4 is 0 Å². The second kappa shape index (κ2) is 8.59. The molecule has 0 aliphatic carbocycles. The van der Waals surface area contributed by atoms with E-state index in [4.69, 9.17) is 14.2 Å². The largest absolute Gasteiger partial charge is 0.508 e. The van der Waals surface area contributed by atoms with E-state index in [2.05, 4.69) is 6.58 Å². The Bertz CT molecular complexity index is 890. The maximum Gasteiger partial charge on any atom is 0.508 e. The molecule has 2 heterocycles. The zero-order chi connectivity index (χ0) is 21.2. The highest BCUT2D eigenvalue weighted by atomic mass is 32.2. The Hall–Kier alpha value is -2.32. The molecular formula is C21H27NO6S. The van der Waals surface area contributed by atoms with E-state index in [9.17, 15) is 13.2 Å². The molecule has 0 saturated carbocycles. The highest BCUT2D eigenvalue weighted by Gasteiger charge is 2.49. The van der Waals surface area contributed by atoms with Gasteiger partial charge in [0, 0.05) is 12.5 Å². The van der Waals surface area contributed by atoms with Gasteiger partial charge in [-0.2, -0.15) is 4.31 Å². The summed E-state index contributed by atoms with van der Waals surface area (Å²) in [5, 5.41) is 0. The highest BCUT2D eigenvalue weighted by Crippen LogP contribution is 2.39. The average Bonchev–Trinajstić information content (AvgIpc) is 3.03. The third kappa shape index (κ3) is 4.64. The second-order valence-corrected chi connectivity index (χ2v) is 9.70. The minimum Gasteiger partial charge on any atom is -0.493 e. The van der Waals surface area contributed by atoms with E-state index in [1.807, 2.05) is 20.8 Å². The SMILES string of the molecule is C=C1CN(S(=O)(=O)c2ccc(C)cc2)[C@H]2[C@@H]1C=CO[C@@H]2COC(=O)OCC(C)C. The number of rotatable bonds is 6. The van der Waals surface area contributed by atoms with Crippen LogP contribution in [-0.4, -0.2) is 50.8 Å². The Morgan fingerprint density at radius 2 is 1.97 bits per heavy atom. The molecule has 8 heteroatoms. The van der Waals surface area contributed by atoms with Crippen LogP contribution in [0.5, 0.6) is 0 Å². The molecule has 0 bridgehead atoms. The van der Waals surface area contributed by atoms with Gasteiger partial charge in [-0.15, -0.1) is 0 Å². The molecule has 2 aliphatic heterocycles. The van der Waals surface area contributed by atoms with Crippen LogP contribution in [-0.2, 0) is 24.2 Å². The first kappa shape index (κ1) is 21.4. The lowest BCUT2D eigenvalue weighted by Crippen LogP contribution is -2.49. The fourth-order valence-corrected chi connectivity index (χ4v) is 5.14. The van der Waals surface area contributed by atoms with E-state index in [0.29, 0.717) is 0 Å². The first-order chi connectivity index (χ1) is 13.7. The minimum atomic E-state index is -3.76. The normalized spacial score (nSPS) is 24.3. The van der Waals surface area contributed by atoms with Gasteiger partial charge in [-0.3, -0.25) is 0 Å². The van der Waals surface area contributed by atoms with E-state index < -0.39 is 28.3 Å². The lowest BCUT2D eigenvalue weighted by atomic mass is 9.92. The molecule has 0 amide bonds. The van der Waals surface area contributed by atoms with Crippen molar-refractivity contribution in [2.75, 3.05) is 19.8 Å². The fourth-order valence-electron chi connectivity index (χ4n) is 3.46. The third-order valence-electron chi connectivity index (χ3n) is 4.98. The van der Waals surface area contributed by atoms with Crippen LogP contribution in [0.4, 0.5) is 4.79 Å². The number of carbonyl (C=O) groups is 1. The van der Waals surface area contributed by atoms with Crippen molar-refractivity contribution in [2.45, 2.75) is 37.8 Å². The predicted molar refractivity (Wildman–Crippen MR) is 108 cm³/mol. The summed E-state index contributed by atoms with van der Waals surface area (Å²) in [6.45, 7) is 10.1. The second-order valence-electron chi connectivity index (χ2n) is 7.81. The quantitative estimate of drug-likeness (QED) is 0.518. The van der Waals surface area contributed by atoms with Gasteiger partial charge in [-0.1, -0.05) is 43.7 Å². The van der Waals surface area contributed by atoms with Crippen LogP contribution >= 0.6 is 0 Å². The van der Waals surface area contributed by atoms with Crippen molar-refractivity contribution in [3.05, 3.63) is 54.3 Å². The molecule has 0 unspecified atom stereocenters. The molecule has 1 aromatic carbocycles. The Morgan fingerprint density at radius 1 is 1.28 bits per heavy atom. The number of aryl methyl sites for hydroxylation is 1. The summed E-state index contributed by atoms with van der Waals surface area (Å²) in [5.74, 6) is -0.0154. The molecule has 158 valence electrons. The predicted octanol–water partition coefficient (Wildman–Crippen LogP) is 3.26. The molecule has 2 aliphatic rings. The van der Waals surface area contributed by atoms with Crippen molar-refractivity contribution in [3.8, 4) is 0 Å². The molecule has 0 radical (unpaired) electrons. The molecule has 0 N–H and O–H groups in total. The van der Waals surface area contributed by atoms with Crippen molar-refractivity contribution in [2.24, 2.45) is 11.8 Å². The molecule has 0 spiro atoms. The average molecular weight is 422 g/mol. The number of fused-ring (bicyclic) bond motifs is 1. The van der Waals surface area contributed by atoms with Gasteiger partial charge in [0.15, 0.2) is 0 Å². The minimum absolute atomic E-state index is 0.115. The number of sulfonamides is 1. The van der Waals surface area contributed by atoms with Crippen molar-refractivity contribution in [1.82, 2.24) is 4.31 Å². The number of carbonyl (C=O) groups excluding carboxylic acids is 1. The third-order valence-corrected chi connectivity index (χ3v) is 6.84. The Morgan fingerprint density at radius 3 is 2.62 bits per heavy atom. The van der Waals surface area contributed by atoms with Gasteiger partial charge >= 0.3 is 6.16 Å². The molecule has 0 aromatic heterocycles. The zero-order valence-electron chi connectivity index (χ0n) is 16.9. The number of ether oxygens (including phenoxy) is 3. The molecule has 1 aromatic rings. The molecule has 1 saturated heterocycles. The summed E-state index contributed by atoms with van der Waals surface area (Å²) in [6, 6.07) is 6.16. The first-order valence-electron chi connectivity index (χ1n) is 9.58. The maximum absolute atomic E-state index is 13.3. The van der Waals surface area contributed by atoms with E-state index in [-0.39, 0.29) is 36.5 Å². The summed E-state index contributed by atoms with van der Waals surface area (Å²) in [7, 11) is -3.76. The van der Waals surface area contributed by atoms with Gasteiger partial charge in [0.25, 0.3) is 0 Å². The number of nitrogens with zero attached hydrogens (tertiary/aromatic N) is 1. The van der Waals surface area contributed by atoms with Crippen molar-refractivity contribution in [1.29, 1.82) is 0 Å². The summed E-state index contributed by atoms with van der Waals surface area (Å²) < 4.78 is 43.8. The lowest BCUT2D eigenvalue weighted by molar-refractivity contribution is -0.0175. The molecule has 1 fully saturated rings. The van der Waals surface area contributed by atoms with Crippen LogP contribution in [0.3, 0.4) is 0 Å². The number of hydrogen-bond acceptors (Lipinski definition) is 6. The van der Waals surface area contributed by atoms with Crippen molar-refractivity contribution >= 4 is 16.2 Å². The van der Waals surface area contributed by atoms with Gasteiger partial charge in [0.1, 0.15) is 12.7 Å². The van der Waals surface area contributed by atoms with Crippen LogP contribution in [0.2, 0.25) is 0 Å². The Labute approximate surface area is 172 Å². The molecular weight excluding hydrogens is 394 g/mol. The zero-order valence-corrected chi connectivity index (χ0v) is 17.7. The Kier molecular flexibility index (Phi) is 6.33. The highest BCUT2D eigenvalue weighted by molar-refractivity contribution is 7.89. The van der Waals surface area contributed by atoms with Crippen LogP contribution in [0, 0.1) is 18.8 Å². The lowest BCUT2D eigenvalue weighted by Gasteiger charge is -2.34. The number of benzene rings is 1. The molecule has 7 nitrogen and oxygen atoms in total. The summed E-state index contributed by atoms with van der Waals surface area (Å²) >= 11 is 0. The topological polar surface area (TPSA) is 82.1 Å². The van der Waals surface area contributed by atoms with E-state index in [1.165, 1.54) is 10.6 Å². The van der Waals surface area contributed by atoms with Gasteiger partial charge in [0.05, 0.1) is 23.8 Å². The summed E-state index contributed by atoms with van der Waals surface area (Å²) in [6.07, 6.45) is 1.86. The molecule has 3 rings (SSSR count). The van der Waals surface area contributed by atoms with Gasteiger partial charge in [-0.05, 0) is 31.1 Å². The standard InChI is InChI=1S/C21H27NO6S/c1-14(2)12-27-21(23)28-13-19-20-18(9-10-26-19)16(4)11-22(20)29(24,25)17-7-5-15(3)6-8-17/h5-10,14,18-20H,4,11-13H2,1-3H3/t18-,19-,20+/m1/s1. The maximum atomic E-state index is 13.3. The van der Waals surface area contributed by atoms with Gasteiger partial charge in [0.2, 0.25) is 10.0 Å². The van der Waals surface area contributed by atoms with Crippen LogP contribution in [0.1, 0.15) is 19.4 Å². The van der Waals surface area contributed by atoms with E-state index >= 15 is 0 Å². The fraction of sp³-hybridized carbons (Fsp3) is 0.476. The van der Waals surface area contributed by atoms with Gasteiger partial charge < -0.3 is 14.2 Å². The smallest absolute Gasteiger partial charge is 0.493 e. The monoisotopic (exact) mass is 421 g/mol. The van der Waals surface area contributed by atoms with Crippen molar-refractivity contribution < 1.29 is 27.4 Å².